The lowest BCUT2D eigenvalue weighted by Gasteiger charge is -2.08. The summed E-state index contributed by atoms with van der Waals surface area (Å²) in [6, 6.07) is 17.8. The average molecular weight is 284 g/mol. The number of thioether (sulfide) groups is 1. The standard InChI is InChI=1S/C17H16O2S/c1-2-8-17(18)19-15-11-6-7-12-16(15)20-13-14-9-4-3-5-10-14/h2-12H,13H2,1H3. The minimum atomic E-state index is -0.347. The number of hydrogen-bond acceptors (Lipinski definition) is 3. The molecule has 0 aromatic heterocycles. The number of hydrogen-bond donors (Lipinski definition) is 0. The van der Waals surface area contributed by atoms with Crippen molar-refractivity contribution in [2.45, 2.75) is 17.6 Å². The fourth-order valence-electron chi connectivity index (χ4n) is 1.67. The van der Waals surface area contributed by atoms with Crippen molar-refractivity contribution in [2.24, 2.45) is 0 Å². The van der Waals surface area contributed by atoms with E-state index in [4.69, 9.17) is 4.74 Å². The number of ether oxygens (including phenoxy) is 1. The Morgan fingerprint density at radius 2 is 1.80 bits per heavy atom. The van der Waals surface area contributed by atoms with Gasteiger partial charge in [0.1, 0.15) is 5.75 Å². The second-order valence-electron chi connectivity index (χ2n) is 4.14. The Kier molecular flexibility index (Phi) is 5.44. The summed E-state index contributed by atoms with van der Waals surface area (Å²) in [5.41, 5.74) is 1.24. The van der Waals surface area contributed by atoms with Crippen LogP contribution < -0.4 is 4.74 Å². The minimum Gasteiger partial charge on any atom is -0.422 e. The minimum absolute atomic E-state index is 0.347. The quantitative estimate of drug-likeness (QED) is 0.351. The summed E-state index contributed by atoms with van der Waals surface area (Å²) in [4.78, 5) is 12.5. The van der Waals surface area contributed by atoms with Crippen LogP contribution in [0.3, 0.4) is 0 Å². The zero-order valence-corrected chi connectivity index (χ0v) is 12.1. The van der Waals surface area contributed by atoms with Crippen molar-refractivity contribution < 1.29 is 9.53 Å². The molecule has 0 radical (unpaired) electrons. The van der Waals surface area contributed by atoms with Crippen LogP contribution in [0.5, 0.6) is 5.75 Å². The molecule has 0 spiro atoms. The normalized spacial score (nSPS) is 10.7. The van der Waals surface area contributed by atoms with E-state index in [-0.39, 0.29) is 5.97 Å². The first-order chi connectivity index (χ1) is 9.79. The van der Waals surface area contributed by atoms with E-state index in [1.165, 1.54) is 11.6 Å². The van der Waals surface area contributed by atoms with E-state index in [1.807, 2.05) is 42.5 Å². The molecule has 2 aromatic carbocycles. The first-order valence-electron chi connectivity index (χ1n) is 6.40. The number of rotatable bonds is 5. The molecule has 0 saturated carbocycles. The van der Waals surface area contributed by atoms with Crippen molar-refractivity contribution in [3.8, 4) is 5.75 Å². The third-order valence-electron chi connectivity index (χ3n) is 2.60. The first kappa shape index (κ1) is 14.4. The van der Waals surface area contributed by atoms with Gasteiger partial charge >= 0.3 is 5.97 Å². The summed E-state index contributed by atoms with van der Waals surface area (Å²) < 4.78 is 5.33. The van der Waals surface area contributed by atoms with Crippen molar-refractivity contribution in [3.05, 3.63) is 72.3 Å². The van der Waals surface area contributed by atoms with Crippen LogP contribution in [0, 0.1) is 0 Å². The fraction of sp³-hybridized carbons (Fsp3) is 0.118. The van der Waals surface area contributed by atoms with Gasteiger partial charge in [-0.3, -0.25) is 0 Å². The maximum absolute atomic E-state index is 11.5. The Morgan fingerprint density at radius 1 is 1.10 bits per heavy atom. The predicted molar refractivity (Wildman–Crippen MR) is 82.9 cm³/mol. The van der Waals surface area contributed by atoms with Gasteiger partial charge in [0.2, 0.25) is 0 Å². The van der Waals surface area contributed by atoms with Crippen LogP contribution in [0.4, 0.5) is 0 Å². The summed E-state index contributed by atoms with van der Waals surface area (Å²) in [5, 5.41) is 0. The Bertz CT molecular complexity index is 591. The molecule has 0 amide bonds. The molecular weight excluding hydrogens is 268 g/mol. The van der Waals surface area contributed by atoms with Gasteiger partial charge in [-0.2, -0.15) is 0 Å². The highest BCUT2D eigenvalue weighted by Crippen LogP contribution is 2.31. The van der Waals surface area contributed by atoms with Crippen LogP contribution >= 0.6 is 11.8 Å². The van der Waals surface area contributed by atoms with E-state index >= 15 is 0 Å². The van der Waals surface area contributed by atoms with Crippen molar-refractivity contribution in [1.82, 2.24) is 0 Å². The average Bonchev–Trinajstić information content (AvgIpc) is 2.48. The van der Waals surface area contributed by atoms with Crippen LogP contribution in [0.1, 0.15) is 12.5 Å². The van der Waals surface area contributed by atoms with Crippen molar-refractivity contribution >= 4 is 17.7 Å². The molecule has 2 rings (SSSR count). The molecule has 0 atom stereocenters. The highest BCUT2D eigenvalue weighted by Gasteiger charge is 2.07. The molecule has 3 heteroatoms. The third kappa shape index (κ3) is 4.28. The second-order valence-corrected chi connectivity index (χ2v) is 5.16. The number of allylic oxidation sites excluding steroid dienone is 1. The lowest BCUT2D eigenvalue weighted by atomic mass is 10.2. The van der Waals surface area contributed by atoms with Gasteiger partial charge in [-0.25, -0.2) is 4.79 Å². The summed E-state index contributed by atoms with van der Waals surface area (Å²) in [6.07, 6.45) is 3.08. The molecule has 0 N–H and O–H groups in total. The fourth-order valence-corrected chi connectivity index (χ4v) is 2.61. The Morgan fingerprint density at radius 3 is 2.55 bits per heavy atom. The highest BCUT2D eigenvalue weighted by molar-refractivity contribution is 7.98. The van der Waals surface area contributed by atoms with E-state index in [0.29, 0.717) is 5.75 Å². The molecule has 0 heterocycles. The second kappa shape index (κ2) is 7.56. The smallest absolute Gasteiger partial charge is 0.335 e. The number of carbonyl (C=O) groups excluding carboxylic acids is 1. The number of carbonyl (C=O) groups is 1. The summed E-state index contributed by atoms with van der Waals surface area (Å²) in [6.45, 7) is 1.79. The van der Waals surface area contributed by atoms with Gasteiger partial charge in [0.25, 0.3) is 0 Å². The van der Waals surface area contributed by atoms with Crippen LogP contribution in [-0.4, -0.2) is 5.97 Å². The Balaban J connectivity index is 2.06. The predicted octanol–water partition coefficient (Wildman–Crippen LogP) is 4.46. The third-order valence-corrected chi connectivity index (χ3v) is 3.73. The SMILES string of the molecule is CC=CC(=O)Oc1ccccc1SCc1ccccc1. The summed E-state index contributed by atoms with van der Waals surface area (Å²) in [5.74, 6) is 1.11. The molecule has 2 nitrogen and oxygen atoms in total. The molecule has 0 unspecified atom stereocenters. The van der Waals surface area contributed by atoms with Gasteiger partial charge < -0.3 is 4.74 Å². The summed E-state index contributed by atoms with van der Waals surface area (Å²) in [7, 11) is 0. The zero-order chi connectivity index (χ0) is 14.2. The lowest BCUT2D eigenvalue weighted by Crippen LogP contribution is -2.04. The Hall–Kier alpha value is -2.00. The van der Waals surface area contributed by atoms with E-state index in [0.717, 1.165) is 10.6 Å². The van der Waals surface area contributed by atoms with Crippen molar-refractivity contribution in [3.63, 3.8) is 0 Å². The van der Waals surface area contributed by atoms with Crippen molar-refractivity contribution in [2.75, 3.05) is 0 Å². The molecule has 20 heavy (non-hydrogen) atoms. The van der Waals surface area contributed by atoms with Gasteiger partial charge in [0.15, 0.2) is 0 Å². The molecule has 0 saturated heterocycles. The zero-order valence-electron chi connectivity index (χ0n) is 11.3. The number of para-hydroxylation sites is 1. The monoisotopic (exact) mass is 284 g/mol. The van der Waals surface area contributed by atoms with E-state index in [1.54, 1.807) is 24.8 Å². The maximum atomic E-state index is 11.5. The number of benzene rings is 2. The molecule has 0 aliphatic rings. The molecule has 0 bridgehead atoms. The molecule has 102 valence electrons. The molecule has 0 aliphatic heterocycles. The number of esters is 1. The topological polar surface area (TPSA) is 26.3 Å². The maximum Gasteiger partial charge on any atom is 0.335 e. The van der Waals surface area contributed by atoms with Crippen LogP contribution in [0.15, 0.2) is 71.6 Å². The first-order valence-corrected chi connectivity index (χ1v) is 7.38. The van der Waals surface area contributed by atoms with Gasteiger partial charge in [-0.15, -0.1) is 11.8 Å². The molecular formula is C17H16O2S. The Labute approximate surface area is 123 Å². The largest absolute Gasteiger partial charge is 0.422 e. The van der Waals surface area contributed by atoms with Crippen LogP contribution in [0.25, 0.3) is 0 Å². The molecule has 0 aliphatic carbocycles. The molecule has 0 fully saturated rings. The van der Waals surface area contributed by atoms with E-state index < -0.39 is 0 Å². The van der Waals surface area contributed by atoms with Crippen LogP contribution in [0.2, 0.25) is 0 Å². The van der Waals surface area contributed by atoms with E-state index in [2.05, 4.69) is 12.1 Å². The summed E-state index contributed by atoms with van der Waals surface area (Å²) >= 11 is 1.66. The van der Waals surface area contributed by atoms with Gasteiger partial charge in [-0.1, -0.05) is 48.5 Å². The van der Waals surface area contributed by atoms with Gasteiger partial charge in [0, 0.05) is 11.8 Å². The van der Waals surface area contributed by atoms with Gasteiger partial charge in [0.05, 0.1) is 4.90 Å². The van der Waals surface area contributed by atoms with E-state index in [9.17, 15) is 4.79 Å². The lowest BCUT2D eigenvalue weighted by molar-refractivity contribution is -0.129. The molecule has 2 aromatic rings. The van der Waals surface area contributed by atoms with Crippen molar-refractivity contribution in [1.29, 1.82) is 0 Å². The van der Waals surface area contributed by atoms with Gasteiger partial charge in [-0.05, 0) is 24.6 Å². The van der Waals surface area contributed by atoms with Crippen LogP contribution in [-0.2, 0) is 10.5 Å². The highest BCUT2D eigenvalue weighted by atomic mass is 32.2.